The average molecular weight is 370 g/mol. The zero-order chi connectivity index (χ0) is 18.6. The second-order valence-electron chi connectivity index (χ2n) is 6.14. The third kappa shape index (κ3) is 7.63. The lowest BCUT2D eigenvalue weighted by Gasteiger charge is -2.06. The number of hydrogen-bond donors (Lipinski definition) is 2. The van der Waals surface area contributed by atoms with E-state index in [2.05, 4.69) is 17.2 Å². The van der Waals surface area contributed by atoms with Gasteiger partial charge in [-0.15, -0.1) is 0 Å². The smallest absolute Gasteiger partial charge is 0.335 e. The van der Waals surface area contributed by atoms with E-state index in [9.17, 15) is 4.79 Å². The Bertz CT molecular complexity index is 742. The normalized spacial score (nSPS) is 10.0. The van der Waals surface area contributed by atoms with E-state index in [1.54, 1.807) is 12.1 Å². The lowest BCUT2D eigenvalue weighted by Crippen LogP contribution is -2.02. The van der Waals surface area contributed by atoms with Crippen LogP contribution in [0.4, 0.5) is 5.69 Å². The van der Waals surface area contributed by atoms with E-state index in [1.807, 2.05) is 36.4 Å². The highest BCUT2D eigenvalue weighted by molar-refractivity contribution is 6.30. The molecule has 0 radical (unpaired) electrons. The molecule has 2 N–H and O–H groups in total. The summed E-state index contributed by atoms with van der Waals surface area (Å²) in [4.78, 5) is 10.8. The van der Waals surface area contributed by atoms with Gasteiger partial charge in [0.15, 0.2) is 0 Å². The number of carboxylic acids is 1. The van der Waals surface area contributed by atoms with Crippen LogP contribution in [0.3, 0.4) is 0 Å². The Hall–Kier alpha value is -2.44. The van der Waals surface area contributed by atoms with Crippen molar-refractivity contribution in [3.05, 3.63) is 64.7 Å². The number of anilines is 1. The van der Waals surface area contributed by atoms with Gasteiger partial charge in [-0.1, -0.05) is 42.7 Å². The molecule has 0 amide bonds. The number of carbonyl (C=O) groups is 1. The molecule has 0 aromatic heterocycles. The van der Waals surface area contributed by atoms with Crippen molar-refractivity contribution in [2.24, 2.45) is 0 Å². The summed E-state index contributed by atoms with van der Waals surface area (Å²) >= 11 is 5.84. The molecule has 0 saturated heterocycles. The molecule has 136 valence electrons. The average Bonchev–Trinajstić information content (AvgIpc) is 2.65. The van der Waals surface area contributed by atoms with Crippen molar-refractivity contribution in [3.8, 4) is 11.8 Å². The Labute approximate surface area is 160 Å². The van der Waals surface area contributed by atoms with Gasteiger partial charge in [-0.3, -0.25) is 0 Å². The quantitative estimate of drug-likeness (QED) is 0.431. The fourth-order valence-electron chi connectivity index (χ4n) is 2.53. The molecule has 0 bridgehead atoms. The largest absolute Gasteiger partial charge is 0.478 e. The number of rotatable bonds is 9. The van der Waals surface area contributed by atoms with Gasteiger partial charge < -0.3 is 10.4 Å². The zero-order valence-corrected chi connectivity index (χ0v) is 15.6. The summed E-state index contributed by atoms with van der Waals surface area (Å²) < 4.78 is 0. The monoisotopic (exact) mass is 369 g/mol. The molecule has 3 nitrogen and oxygen atoms in total. The van der Waals surface area contributed by atoms with Crippen molar-refractivity contribution in [2.45, 2.75) is 38.5 Å². The SMILES string of the molecule is O=C(O)c1ccc(NCCCCCCCC#Cc2ccc(Cl)cc2)cc1. The van der Waals surface area contributed by atoms with Gasteiger partial charge in [-0.2, -0.15) is 0 Å². The summed E-state index contributed by atoms with van der Waals surface area (Å²) in [6, 6.07) is 14.5. The van der Waals surface area contributed by atoms with Crippen molar-refractivity contribution in [3.63, 3.8) is 0 Å². The number of hydrogen-bond acceptors (Lipinski definition) is 2. The van der Waals surface area contributed by atoms with E-state index >= 15 is 0 Å². The standard InChI is InChI=1S/C22H24ClNO2/c23-20-13-9-18(10-14-20)8-6-4-2-1-3-5-7-17-24-21-15-11-19(12-16-21)22(25)26/h9-16,24H,1-5,7,17H2,(H,25,26). The van der Waals surface area contributed by atoms with Gasteiger partial charge in [0.25, 0.3) is 0 Å². The van der Waals surface area contributed by atoms with Crippen LogP contribution in [-0.4, -0.2) is 17.6 Å². The molecule has 0 aliphatic carbocycles. The predicted octanol–water partition coefficient (Wildman–Crippen LogP) is 5.84. The van der Waals surface area contributed by atoms with E-state index in [1.165, 1.54) is 19.3 Å². The van der Waals surface area contributed by atoms with Gasteiger partial charge in [0.2, 0.25) is 0 Å². The molecule has 0 unspecified atom stereocenters. The maximum absolute atomic E-state index is 10.8. The zero-order valence-electron chi connectivity index (χ0n) is 14.8. The van der Waals surface area contributed by atoms with Crippen LogP contribution in [0.2, 0.25) is 5.02 Å². The summed E-state index contributed by atoms with van der Waals surface area (Å²) in [6.07, 6.45) is 6.76. The van der Waals surface area contributed by atoms with Crippen molar-refractivity contribution in [2.75, 3.05) is 11.9 Å². The molecule has 0 atom stereocenters. The van der Waals surface area contributed by atoms with Gasteiger partial charge >= 0.3 is 5.97 Å². The first-order valence-electron chi connectivity index (χ1n) is 8.97. The van der Waals surface area contributed by atoms with Crippen LogP contribution < -0.4 is 5.32 Å². The first-order valence-corrected chi connectivity index (χ1v) is 9.34. The summed E-state index contributed by atoms with van der Waals surface area (Å²) in [5, 5.41) is 12.9. The van der Waals surface area contributed by atoms with Crippen LogP contribution in [0.25, 0.3) is 0 Å². The summed E-state index contributed by atoms with van der Waals surface area (Å²) in [5.41, 5.74) is 2.29. The molecule has 2 rings (SSSR count). The maximum atomic E-state index is 10.8. The molecule has 2 aromatic rings. The predicted molar refractivity (Wildman–Crippen MR) is 108 cm³/mol. The third-order valence-corrected chi connectivity index (χ3v) is 4.27. The van der Waals surface area contributed by atoms with Crippen LogP contribution in [0.1, 0.15) is 54.4 Å². The lowest BCUT2D eigenvalue weighted by atomic mass is 10.1. The molecule has 0 spiro atoms. The molecule has 4 heteroatoms. The first kappa shape index (κ1) is 19.9. The van der Waals surface area contributed by atoms with Crippen LogP contribution >= 0.6 is 11.6 Å². The highest BCUT2D eigenvalue weighted by atomic mass is 35.5. The molecule has 0 saturated carbocycles. The van der Waals surface area contributed by atoms with Crippen LogP contribution in [0.15, 0.2) is 48.5 Å². The number of carboxylic acid groups (broad SMARTS) is 1. The number of halogens is 1. The number of benzene rings is 2. The van der Waals surface area contributed by atoms with E-state index in [0.29, 0.717) is 5.56 Å². The van der Waals surface area contributed by atoms with Gasteiger partial charge in [-0.05, 0) is 61.4 Å². The highest BCUT2D eigenvalue weighted by Gasteiger charge is 2.01. The fraction of sp³-hybridized carbons (Fsp3) is 0.318. The van der Waals surface area contributed by atoms with Crippen LogP contribution in [-0.2, 0) is 0 Å². The van der Waals surface area contributed by atoms with E-state index in [0.717, 1.165) is 42.1 Å². The number of nitrogens with one attached hydrogen (secondary N) is 1. The number of unbranched alkanes of at least 4 members (excludes halogenated alkanes) is 5. The lowest BCUT2D eigenvalue weighted by molar-refractivity contribution is 0.0697. The molecule has 0 fully saturated rings. The van der Waals surface area contributed by atoms with E-state index in [4.69, 9.17) is 16.7 Å². The minimum absolute atomic E-state index is 0.315. The minimum Gasteiger partial charge on any atom is -0.478 e. The van der Waals surface area contributed by atoms with Crippen molar-refractivity contribution in [1.82, 2.24) is 0 Å². The summed E-state index contributed by atoms with van der Waals surface area (Å²) in [5.74, 6) is 5.47. The third-order valence-electron chi connectivity index (χ3n) is 4.02. The Morgan fingerprint density at radius 2 is 1.58 bits per heavy atom. The molecular weight excluding hydrogens is 346 g/mol. The Morgan fingerprint density at radius 1 is 0.923 bits per heavy atom. The molecule has 2 aromatic carbocycles. The first-order chi connectivity index (χ1) is 12.6. The molecular formula is C22H24ClNO2. The molecule has 0 aliphatic heterocycles. The van der Waals surface area contributed by atoms with Gasteiger partial charge in [0.1, 0.15) is 0 Å². The maximum Gasteiger partial charge on any atom is 0.335 e. The summed E-state index contributed by atoms with van der Waals surface area (Å²) in [7, 11) is 0. The highest BCUT2D eigenvalue weighted by Crippen LogP contribution is 2.11. The van der Waals surface area contributed by atoms with E-state index in [-0.39, 0.29) is 0 Å². The topological polar surface area (TPSA) is 49.3 Å². The van der Waals surface area contributed by atoms with Gasteiger partial charge in [0.05, 0.1) is 5.56 Å². The molecule has 0 heterocycles. The minimum atomic E-state index is -0.894. The number of aromatic carboxylic acids is 1. The van der Waals surface area contributed by atoms with Gasteiger partial charge in [0, 0.05) is 29.2 Å². The summed E-state index contributed by atoms with van der Waals surface area (Å²) in [6.45, 7) is 0.906. The second-order valence-corrected chi connectivity index (χ2v) is 6.57. The van der Waals surface area contributed by atoms with Crippen molar-refractivity contribution < 1.29 is 9.90 Å². The molecule has 26 heavy (non-hydrogen) atoms. The molecule has 0 aliphatic rings. The van der Waals surface area contributed by atoms with Crippen LogP contribution in [0, 0.1) is 11.8 Å². The Morgan fingerprint density at radius 3 is 2.27 bits per heavy atom. The van der Waals surface area contributed by atoms with Crippen molar-refractivity contribution >= 4 is 23.3 Å². The second kappa shape index (κ2) is 11.2. The Kier molecular flexibility index (Phi) is 8.59. The Balaban J connectivity index is 1.49. The van der Waals surface area contributed by atoms with Gasteiger partial charge in [-0.25, -0.2) is 4.79 Å². The van der Waals surface area contributed by atoms with Crippen molar-refractivity contribution in [1.29, 1.82) is 0 Å². The van der Waals surface area contributed by atoms with E-state index < -0.39 is 5.97 Å². The fourth-order valence-corrected chi connectivity index (χ4v) is 2.66. The van der Waals surface area contributed by atoms with Crippen LogP contribution in [0.5, 0.6) is 0 Å².